The summed E-state index contributed by atoms with van der Waals surface area (Å²) in [5, 5.41) is 6.85. The minimum atomic E-state index is 0.763. The quantitative estimate of drug-likeness (QED) is 0.602. The third-order valence-electron chi connectivity index (χ3n) is 4.22. The second-order valence-corrected chi connectivity index (χ2v) is 6.41. The standard InChI is InChI=1S/C21H30N4/c1-5-17-10-6-7-11-18(17)14-23-21(22-2)24-15-19-12-8-9-13-20(19)16-25(3)4/h6-13H,5,14-16H2,1-4H3,(H2,22,23,24). The van der Waals surface area contributed by atoms with Crippen molar-refractivity contribution in [2.75, 3.05) is 21.1 Å². The third kappa shape index (κ3) is 5.91. The summed E-state index contributed by atoms with van der Waals surface area (Å²) in [6.07, 6.45) is 1.04. The predicted molar refractivity (Wildman–Crippen MR) is 107 cm³/mol. The predicted octanol–water partition coefficient (Wildman–Crippen LogP) is 3.18. The van der Waals surface area contributed by atoms with E-state index in [1.807, 2.05) is 7.05 Å². The summed E-state index contributed by atoms with van der Waals surface area (Å²) < 4.78 is 0. The van der Waals surface area contributed by atoms with Crippen molar-refractivity contribution in [3.05, 3.63) is 70.8 Å². The van der Waals surface area contributed by atoms with E-state index >= 15 is 0 Å². The van der Waals surface area contributed by atoms with Crippen LogP contribution in [-0.2, 0) is 26.1 Å². The molecule has 0 aliphatic carbocycles. The molecule has 0 bridgehead atoms. The zero-order chi connectivity index (χ0) is 18.1. The van der Waals surface area contributed by atoms with Crippen LogP contribution in [0, 0.1) is 0 Å². The average molecular weight is 338 g/mol. The number of guanidine groups is 1. The first kappa shape index (κ1) is 19.0. The summed E-state index contributed by atoms with van der Waals surface area (Å²) in [7, 11) is 6.00. The van der Waals surface area contributed by atoms with Crippen LogP contribution in [-0.4, -0.2) is 32.0 Å². The smallest absolute Gasteiger partial charge is 0.191 e. The fraction of sp³-hybridized carbons (Fsp3) is 0.381. The van der Waals surface area contributed by atoms with Gasteiger partial charge < -0.3 is 15.5 Å². The molecule has 2 N–H and O–H groups in total. The SMILES string of the molecule is CCc1ccccc1CNC(=NC)NCc1ccccc1CN(C)C. The van der Waals surface area contributed by atoms with E-state index in [4.69, 9.17) is 0 Å². The normalized spacial score (nSPS) is 11.6. The molecule has 0 aliphatic rings. The van der Waals surface area contributed by atoms with Crippen LogP contribution in [0.25, 0.3) is 0 Å². The minimum absolute atomic E-state index is 0.763. The molecule has 0 amide bonds. The summed E-state index contributed by atoms with van der Waals surface area (Å²) in [6.45, 7) is 4.67. The van der Waals surface area contributed by atoms with E-state index in [0.29, 0.717) is 0 Å². The molecule has 0 unspecified atom stereocenters. The van der Waals surface area contributed by atoms with Crippen molar-refractivity contribution in [2.24, 2.45) is 4.99 Å². The highest BCUT2D eigenvalue weighted by molar-refractivity contribution is 5.79. The highest BCUT2D eigenvalue weighted by Gasteiger charge is 2.05. The summed E-state index contributed by atoms with van der Waals surface area (Å²) in [5.74, 6) is 0.825. The van der Waals surface area contributed by atoms with Crippen molar-refractivity contribution >= 4 is 5.96 Å². The Morgan fingerprint density at radius 1 is 0.840 bits per heavy atom. The van der Waals surface area contributed by atoms with Crippen molar-refractivity contribution in [3.8, 4) is 0 Å². The molecule has 0 spiro atoms. The van der Waals surface area contributed by atoms with Gasteiger partial charge in [0.15, 0.2) is 5.96 Å². The Bertz CT molecular complexity index is 692. The van der Waals surface area contributed by atoms with Gasteiger partial charge in [0.25, 0.3) is 0 Å². The molecule has 2 aromatic rings. The number of aliphatic imine (C=N–C) groups is 1. The first-order valence-electron chi connectivity index (χ1n) is 8.86. The van der Waals surface area contributed by atoms with Crippen LogP contribution in [0.2, 0.25) is 0 Å². The zero-order valence-corrected chi connectivity index (χ0v) is 15.8. The van der Waals surface area contributed by atoms with Crippen molar-refractivity contribution in [2.45, 2.75) is 33.0 Å². The van der Waals surface area contributed by atoms with Gasteiger partial charge in [-0.25, -0.2) is 0 Å². The van der Waals surface area contributed by atoms with E-state index in [1.54, 1.807) is 0 Å². The van der Waals surface area contributed by atoms with Gasteiger partial charge in [0.1, 0.15) is 0 Å². The number of benzene rings is 2. The fourth-order valence-electron chi connectivity index (χ4n) is 2.88. The fourth-order valence-corrected chi connectivity index (χ4v) is 2.88. The van der Waals surface area contributed by atoms with Gasteiger partial charge in [0.2, 0.25) is 0 Å². The maximum atomic E-state index is 4.35. The van der Waals surface area contributed by atoms with E-state index in [2.05, 4.69) is 90.1 Å². The molecule has 0 radical (unpaired) electrons. The average Bonchev–Trinajstić information content (AvgIpc) is 2.63. The van der Waals surface area contributed by atoms with Crippen LogP contribution in [0.15, 0.2) is 53.5 Å². The van der Waals surface area contributed by atoms with Crippen molar-refractivity contribution < 1.29 is 0 Å². The monoisotopic (exact) mass is 338 g/mol. The lowest BCUT2D eigenvalue weighted by Gasteiger charge is -2.17. The number of rotatable bonds is 7. The Morgan fingerprint density at radius 3 is 1.80 bits per heavy atom. The summed E-state index contributed by atoms with van der Waals surface area (Å²) in [4.78, 5) is 6.54. The minimum Gasteiger partial charge on any atom is -0.352 e. The first-order valence-corrected chi connectivity index (χ1v) is 8.86. The molecule has 4 nitrogen and oxygen atoms in total. The molecule has 0 fully saturated rings. The number of nitrogens with one attached hydrogen (secondary N) is 2. The Labute approximate surface area is 152 Å². The molecule has 0 saturated carbocycles. The number of hydrogen-bond acceptors (Lipinski definition) is 2. The zero-order valence-electron chi connectivity index (χ0n) is 15.8. The van der Waals surface area contributed by atoms with Crippen LogP contribution < -0.4 is 10.6 Å². The molecular weight excluding hydrogens is 308 g/mol. The topological polar surface area (TPSA) is 39.7 Å². The summed E-state index contributed by atoms with van der Waals surface area (Å²) >= 11 is 0. The van der Waals surface area contributed by atoms with Gasteiger partial charge >= 0.3 is 0 Å². The highest BCUT2D eigenvalue weighted by Crippen LogP contribution is 2.11. The Kier molecular flexibility index (Phi) is 7.48. The summed E-state index contributed by atoms with van der Waals surface area (Å²) in [6, 6.07) is 17.1. The molecule has 2 aromatic carbocycles. The van der Waals surface area contributed by atoms with E-state index in [-0.39, 0.29) is 0 Å². The van der Waals surface area contributed by atoms with Crippen LogP contribution in [0.1, 0.15) is 29.2 Å². The van der Waals surface area contributed by atoms with Gasteiger partial charge in [0.05, 0.1) is 0 Å². The van der Waals surface area contributed by atoms with Crippen molar-refractivity contribution in [1.82, 2.24) is 15.5 Å². The molecular formula is C21H30N4. The van der Waals surface area contributed by atoms with Gasteiger partial charge in [-0.3, -0.25) is 4.99 Å². The summed E-state index contributed by atoms with van der Waals surface area (Å²) in [5.41, 5.74) is 5.34. The lowest BCUT2D eigenvalue weighted by molar-refractivity contribution is 0.400. The lowest BCUT2D eigenvalue weighted by atomic mass is 10.1. The first-order chi connectivity index (χ1) is 12.1. The van der Waals surface area contributed by atoms with E-state index < -0.39 is 0 Å². The maximum Gasteiger partial charge on any atom is 0.191 e. The lowest BCUT2D eigenvalue weighted by Crippen LogP contribution is -2.36. The van der Waals surface area contributed by atoms with Crippen molar-refractivity contribution in [3.63, 3.8) is 0 Å². The second-order valence-electron chi connectivity index (χ2n) is 6.41. The van der Waals surface area contributed by atoms with Crippen molar-refractivity contribution in [1.29, 1.82) is 0 Å². The molecule has 0 saturated heterocycles. The van der Waals surface area contributed by atoms with E-state index in [1.165, 1.54) is 22.3 Å². The van der Waals surface area contributed by atoms with E-state index in [9.17, 15) is 0 Å². The molecule has 0 aliphatic heterocycles. The van der Waals surface area contributed by atoms with Gasteiger partial charge in [-0.2, -0.15) is 0 Å². The second kappa shape index (κ2) is 9.84. The van der Waals surface area contributed by atoms with Crippen LogP contribution in [0.4, 0.5) is 0 Å². The maximum absolute atomic E-state index is 4.35. The Balaban J connectivity index is 1.95. The molecule has 134 valence electrons. The molecule has 0 atom stereocenters. The van der Waals surface area contributed by atoms with Crippen LogP contribution in [0.3, 0.4) is 0 Å². The van der Waals surface area contributed by atoms with Gasteiger partial charge in [0, 0.05) is 26.7 Å². The van der Waals surface area contributed by atoms with Crippen LogP contribution in [0.5, 0.6) is 0 Å². The van der Waals surface area contributed by atoms with E-state index in [0.717, 1.165) is 32.0 Å². The van der Waals surface area contributed by atoms with Gasteiger partial charge in [-0.05, 0) is 42.8 Å². The molecule has 2 rings (SSSR count). The highest BCUT2D eigenvalue weighted by atomic mass is 15.2. The number of aryl methyl sites for hydroxylation is 1. The molecule has 25 heavy (non-hydrogen) atoms. The van der Waals surface area contributed by atoms with Gasteiger partial charge in [-0.1, -0.05) is 55.5 Å². The molecule has 0 aromatic heterocycles. The largest absolute Gasteiger partial charge is 0.352 e. The Hall–Kier alpha value is -2.33. The Morgan fingerprint density at radius 2 is 1.32 bits per heavy atom. The van der Waals surface area contributed by atoms with Gasteiger partial charge in [-0.15, -0.1) is 0 Å². The third-order valence-corrected chi connectivity index (χ3v) is 4.22. The number of nitrogens with zero attached hydrogens (tertiary/aromatic N) is 2. The molecule has 0 heterocycles. The van der Waals surface area contributed by atoms with Crippen LogP contribution >= 0.6 is 0 Å². The molecule has 4 heteroatoms. The number of hydrogen-bond donors (Lipinski definition) is 2.